The van der Waals surface area contributed by atoms with Crippen molar-refractivity contribution in [3.05, 3.63) is 63.8 Å². The molecule has 1 aromatic carbocycles. The monoisotopic (exact) mass is 218 g/mol. The predicted octanol–water partition coefficient (Wildman–Crippen LogP) is 1.74. The van der Waals surface area contributed by atoms with Crippen molar-refractivity contribution in [3.8, 4) is 0 Å². The van der Waals surface area contributed by atoms with Crippen LogP contribution in [0.1, 0.15) is 11.1 Å². The fourth-order valence-electron chi connectivity index (χ4n) is 1.48. The molecule has 0 aliphatic carbocycles. The maximum atomic E-state index is 13.0. The Morgan fingerprint density at radius 2 is 2.19 bits per heavy atom. The lowest BCUT2D eigenvalue weighted by atomic mass is 10.1. The Morgan fingerprint density at radius 3 is 2.94 bits per heavy atom. The summed E-state index contributed by atoms with van der Waals surface area (Å²) in [6.07, 6.45) is 1.54. The van der Waals surface area contributed by atoms with Crippen LogP contribution >= 0.6 is 0 Å². The Morgan fingerprint density at radius 1 is 1.38 bits per heavy atom. The fraction of sp³-hybridized carbons (Fsp3) is 0.167. The summed E-state index contributed by atoms with van der Waals surface area (Å²) in [5, 5.41) is 3.93. The van der Waals surface area contributed by atoms with E-state index in [1.165, 1.54) is 29.1 Å². The lowest BCUT2D eigenvalue weighted by Gasteiger charge is -2.07. The quantitative estimate of drug-likeness (QED) is 0.769. The predicted molar refractivity (Wildman–Crippen MR) is 58.7 cm³/mol. The lowest BCUT2D eigenvalue weighted by Crippen LogP contribution is -2.22. The van der Waals surface area contributed by atoms with Gasteiger partial charge < -0.3 is 0 Å². The van der Waals surface area contributed by atoms with Crippen molar-refractivity contribution in [2.75, 3.05) is 0 Å². The summed E-state index contributed by atoms with van der Waals surface area (Å²) >= 11 is 0. The first-order chi connectivity index (χ1) is 7.66. The molecule has 0 aliphatic rings. The second-order valence-corrected chi connectivity index (χ2v) is 3.59. The number of hydrogen-bond acceptors (Lipinski definition) is 2. The molecule has 1 heterocycles. The molecule has 0 amide bonds. The smallest absolute Gasteiger partial charge is 0.267 e. The van der Waals surface area contributed by atoms with Gasteiger partial charge >= 0.3 is 0 Å². The largest absolute Gasteiger partial charge is 0.268 e. The Hall–Kier alpha value is -1.97. The van der Waals surface area contributed by atoms with Gasteiger partial charge in [0.2, 0.25) is 0 Å². The van der Waals surface area contributed by atoms with E-state index in [0.29, 0.717) is 6.54 Å². The van der Waals surface area contributed by atoms with Gasteiger partial charge in [0.05, 0.1) is 6.54 Å². The van der Waals surface area contributed by atoms with Crippen LogP contribution < -0.4 is 5.56 Å². The molecule has 0 fully saturated rings. The molecule has 0 saturated carbocycles. The summed E-state index contributed by atoms with van der Waals surface area (Å²) in [5.41, 5.74) is 1.52. The zero-order chi connectivity index (χ0) is 11.5. The normalized spacial score (nSPS) is 10.4. The van der Waals surface area contributed by atoms with E-state index in [4.69, 9.17) is 0 Å². The minimum absolute atomic E-state index is 0.189. The number of aryl methyl sites for hydroxylation is 1. The highest BCUT2D eigenvalue weighted by Crippen LogP contribution is 2.10. The first-order valence-electron chi connectivity index (χ1n) is 4.94. The second kappa shape index (κ2) is 4.26. The van der Waals surface area contributed by atoms with Gasteiger partial charge in [-0.1, -0.05) is 6.07 Å². The Balaban J connectivity index is 2.38. The van der Waals surface area contributed by atoms with Crippen molar-refractivity contribution in [2.24, 2.45) is 0 Å². The highest BCUT2D eigenvalue weighted by atomic mass is 19.1. The number of nitrogens with zero attached hydrogens (tertiary/aromatic N) is 2. The van der Waals surface area contributed by atoms with E-state index in [1.807, 2.05) is 6.92 Å². The van der Waals surface area contributed by atoms with Crippen LogP contribution in [0.3, 0.4) is 0 Å². The molecular formula is C12H11FN2O. The molecule has 1 aromatic heterocycles. The van der Waals surface area contributed by atoms with E-state index in [2.05, 4.69) is 5.10 Å². The van der Waals surface area contributed by atoms with Gasteiger partial charge in [0.25, 0.3) is 5.56 Å². The molecule has 3 nitrogen and oxygen atoms in total. The zero-order valence-corrected chi connectivity index (χ0v) is 8.85. The number of hydrogen-bond donors (Lipinski definition) is 0. The van der Waals surface area contributed by atoms with Gasteiger partial charge in [0.15, 0.2) is 0 Å². The van der Waals surface area contributed by atoms with Crippen LogP contribution in [0.2, 0.25) is 0 Å². The van der Waals surface area contributed by atoms with Gasteiger partial charge in [-0.05, 0) is 36.2 Å². The molecule has 2 rings (SSSR count). The zero-order valence-electron chi connectivity index (χ0n) is 8.85. The molecule has 0 radical (unpaired) electrons. The first-order valence-corrected chi connectivity index (χ1v) is 4.94. The molecule has 0 N–H and O–H groups in total. The van der Waals surface area contributed by atoms with Crippen molar-refractivity contribution in [2.45, 2.75) is 13.5 Å². The third-order valence-electron chi connectivity index (χ3n) is 2.42. The van der Waals surface area contributed by atoms with Crippen LogP contribution in [0.5, 0.6) is 0 Å². The van der Waals surface area contributed by atoms with Gasteiger partial charge in [0.1, 0.15) is 5.82 Å². The van der Waals surface area contributed by atoms with Gasteiger partial charge in [-0.25, -0.2) is 9.07 Å². The maximum absolute atomic E-state index is 13.0. The van der Waals surface area contributed by atoms with Crippen LogP contribution in [0.25, 0.3) is 0 Å². The van der Waals surface area contributed by atoms with Gasteiger partial charge in [-0.3, -0.25) is 4.79 Å². The Labute approximate surface area is 92.2 Å². The van der Waals surface area contributed by atoms with E-state index >= 15 is 0 Å². The van der Waals surface area contributed by atoms with Gasteiger partial charge in [-0.15, -0.1) is 0 Å². The highest BCUT2D eigenvalue weighted by Gasteiger charge is 2.03. The summed E-state index contributed by atoms with van der Waals surface area (Å²) in [7, 11) is 0. The number of rotatable bonds is 2. The van der Waals surface area contributed by atoms with Crippen molar-refractivity contribution in [1.82, 2.24) is 9.78 Å². The van der Waals surface area contributed by atoms with Crippen molar-refractivity contribution in [1.29, 1.82) is 0 Å². The number of halogens is 1. The van der Waals surface area contributed by atoms with Crippen molar-refractivity contribution in [3.63, 3.8) is 0 Å². The SMILES string of the molecule is Cc1ccc(F)cc1Cn1ncccc1=O. The van der Waals surface area contributed by atoms with Gasteiger partial charge in [0, 0.05) is 12.3 Å². The molecule has 2 aromatic rings. The molecule has 0 unspecified atom stereocenters. The number of aromatic nitrogens is 2. The molecule has 4 heteroatoms. The molecule has 0 aliphatic heterocycles. The maximum Gasteiger partial charge on any atom is 0.267 e. The average Bonchev–Trinajstić information content (AvgIpc) is 2.27. The first kappa shape index (κ1) is 10.5. The number of benzene rings is 1. The molecule has 0 saturated heterocycles. The Kier molecular flexibility index (Phi) is 2.81. The minimum atomic E-state index is -0.301. The molecule has 0 bridgehead atoms. The molecule has 16 heavy (non-hydrogen) atoms. The summed E-state index contributed by atoms with van der Waals surface area (Å²) < 4.78 is 14.3. The summed E-state index contributed by atoms with van der Waals surface area (Å²) in [6, 6.07) is 7.54. The molecular weight excluding hydrogens is 207 g/mol. The summed E-state index contributed by atoms with van der Waals surface area (Å²) in [6.45, 7) is 2.17. The topological polar surface area (TPSA) is 34.9 Å². The summed E-state index contributed by atoms with van der Waals surface area (Å²) in [5.74, 6) is -0.301. The van der Waals surface area contributed by atoms with Crippen LogP contribution in [-0.4, -0.2) is 9.78 Å². The third-order valence-corrected chi connectivity index (χ3v) is 2.42. The van der Waals surface area contributed by atoms with Crippen LogP contribution in [0, 0.1) is 12.7 Å². The summed E-state index contributed by atoms with van der Waals surface area (Å²) in [4.78, 5) is 11.4. The Bertz CT molecular complexity index is 563. The fourth-order valence-corrected chi connectivity index (χ4v) is 1.48. The van der Waals surface area contributed by atoms with E-state index in [-0.39, 0.29) is 11.4 Å². The van der Waals surface area contributed by atoms with E-state index < -0.39 is 0 Å². The van der Waals surface area contributed by atoms with E-state index in [9.17, 15) is 9.18 Å². The van der Waals surface area contributed by atoms with Crippen LogP contribution in [0.15, 0.2) is 41.3 Å². The molecule has 0 atom stereocenters. The molecule has 0 spiro atoms. The van der Waals surface area contributed by atoms with Crippen LogP contribution in [0.4, 0.5) is 4.39 Å². The van der Waals surface area contributed by atoms with E-state index in [0.717, 1.165) is 11.1 Å². The van der Waals surface area contributed by atoms with E-state index in [1.54, 1.807) is 12.1 Å². The third kappa shape index (κ3) is 2.16. The van der Waals surface area contributed by atoms with Gasteiger partial charge in [-0.2, -0.15) is 5.10 Å². The second-order valence-electron chi connectivity index (χ2n) is 3.59. The van der Waals surface area contributed by atoms with Crippen LogP contribution in [-0.2, 0) is 6.54 Å². The highest BCUT2D eigenvalue weighted by molar-refractivity contribution is 5.26. The van der Waals surface area contributed by atoms with Crippen molar-refractivity contribution >= 4 is 0 Å². The molecule has 82 valence electrons. The van der Waals surface area contributed by atoms with Crippen molar-refractivity contribution < 1.29 is 4.39 Å². The minimum Gasteiger partial charge on any atom is -0.268 e. The average molecular weight is 218 g/mol. The lowest BCUT2D eigenvalue weighted by molar-refractivity contribution is 0.608. The standard InChI is InChI=1S/C12H11FN2O/c1-9-4-5-11(13)7-10(9)8-15-12(16)3-2-6-14-15/h2-7H,8H2,1H3.